The van der Waals surface area contributed by atoms with Crippen LogP contribution >= 0.6 is 11.6 Å². The molecule has 1 aliphatic heterocycles. The van der Waals surface area contributed by atoms with Crippen LogP contribution in [0.25, 0.3) is 0 Å². The number of piperidine rings is 1. The van der Waals surface area contributed by atoms with Crippen LogP contribution in [-0.2, 0) is 14.8 Å². The van der Waals surface area contributed by atoms with Gasteiger partial charge in [0.1, 0.15) is 10.0 Å². The van der Waals surface area contributed by atoms with E-state index in [1.807, 2.05) is 0 Å². The summed E-state index contributed by atoms with van der Waals surface area (Å²) in [5.74, 6) is -0.0568. The standard InChI is InChI=1S/C10H12ClN3O3S/c11-9-3-2-8(6-12-9)18(16,17)14-7-1-4-10(15)13-5-7/h2-3,6-7,14H,1,4-5H2,(H,13,15). The molecule has 0 saturated carbocycles. The summed E-state index contributed by atoms with van der Waals surface area (Å²) in [6.07, 6.45) is 2.02. The lowest BCUT2D eigenvalue weighted by molar-refractivity contribution is -0.122. The van der Waals surface area contributed by atoms with Crippen molar-refractivity contribution in [3.63, 3.8) is 0 Å². The van der Waals surface area contributed by atoms with Gasteiger partial charge in [-0.15, -0.1) is 0 Å². The average Bonchev–Trinajstić information content (AvgIpc) is 2.32. The fourth-order valence-corrected chi connectivity index (χ4v) is 2.97. The first-order valence-corrected chi connectivity index (χ1v) is 7.24. The first-order chi connectivity index (χ1) is 8.47. The Morgan fingerprint density at radius 1 is 1.44 bits per heavy atom. The summed E-state index contributed by atoms with van der Waals surface area (Å²) >= 11 is 5.60. The van der Waals surface area contributed by atoms with Crippen LogP contribution in [0.5, 0.6) is 0 Å². The number of pyridine rings is 1. The van der Waals surface area contributed by atoms with Crippen molar-refractivity contribution >= 4 is 27.5 Å². The van der Waals surface area contributed by atoms with Crippen molar-refractivity contribution in [2.24, 2.45) is 0 Å². The summed E-state index contributed by atoms with van der Waals surface area (Å²) in [6.45, 7) is 0.305. The number of carbonyl (C=O) groups excluding carboxylic acids is 1. The Balaban J connectivity index is 2.07. The smallest absolute Gasteiger partial charge is 0.242 e. The third-order valence-electron chi connectivity index (χ3n) is 2.60. The number of nitrogens with one attached hydrogen (secondary N) is 2. The molecule has 1 amide bonds. The predicted octanol–water partition coefficient (Wildman–Crippen LogP) is 0.292. The van der Waals surface area contributed by atoms with Crippen LogP contribution in [-0.4, -0.2) is 31.9 Å². The molecule has 1 atom stereocenters. The van der Waals surface area contributed by atoms with Crippen LogP contribution in [0.4, 0.5) is 0 Å². The van der Waals surface area contributed by atoms with Gasteiger partial charge in [-0.25, -0.2) is 18.1 Å². The van der Waals surface area contributed by atoms with Crippen LogP contribution in [0.15, 0.2) is 23.2 Å². The summed E-state index contributed by atoms with van der Waals surface area (Å²) in [7, 11) is -3.62. The normalized spacial score (nSPS) is 20.5. The van der Waals surface area contributed by atoms with E-state index in [2.05, 4.69) is 15.0 Å². The van der Waals surface area contributed by atoms with Crippen LogP contribution in [0, 0.1) is 0 Å². The maximum atomic E-state index is 12.0. The van der Waals surface area contributed by atoms with Crippen molar-refractivity contribution in [1.29, 1.82) is 0 Å². The van der Waals surface area contributed by atoms with Crippen molar-refractivity contribution in [3.05, 3.63) is 23.5 Å². The summed E-state index contributed by atoms with van der Waals surface area (Å²) in [5, 5.41) is 2.85. The number of amides is 1. The first-order valence-electron chi connectivity index (χ1n) is 5.38. The third kappa shape index (κ3) is 3.18. The van der Waals surface area contributed by atoms with Gasteiger partial charge in [0.15, 0.2) is 0 Å². The molecular weight excluding hydrogens is 278 g/mol. The highest BCUT2D eigenvalue weighted by atomic mass is 35.5. The van der Waals surface area contributed by atoms with E-state index >= 15 is 0 Å². The first kappa shape index (κ1) is 13.3. The van der Waals surface area contributed by atoms with Gasteiger partial charge in [0.05, 0.1) is 0 Å². The zero-order valence-corrected chi connectivity index (χ0v) is 11.0. The van der Waals surface area contributed by atoms with Crippen molar-refractivity contribution in [2.75, 3.05) is 6.54 Å². The monoisotopic (exact) mass is 289 g/mol. The highest BCUT2D eigenvalue weighted by Gasteiger charge is 2.24. The van der Waals surface area contributed by atoms with Crippen molar-refractivity contribution < 1.29 is 13.2 Å². The lowest BCUT2D eigenvalue weighted by atomic mass is 10.1. The van der Waals surface area contributed by atoms with Crippen LogP contribution < -0.4 is 10.0 Å². The Morgan fingerprint density at radius 3 is 2.78 bits per heavy atom. The average molecular weight is 290 g/mol. The van der Waals surface area contributed by atoms with Crippen LogP contribution in [0.3, 0.4) is 0 Å². The summed E-state index contributed by atoms with van der Waals surface area (Å²) in [4.78, 5) is 14.8. The maximum absolute atomic E-state index is 12.0. The van der Waals surface area contributed by atoms with Gasteiger partial charge in [-0.05, 0) is 18.6 Å². The van der Waals surface area contributed by atoms with E-state index in [0.29, 0.717) is 19.4 Å². The molecule has 6 nitrogen and oxygen atoms in total. The van der Waals surface area contributed by atoms with Gasteiger partial charge in [0.2, 0.25) is 15.9 Å². The van der Waals surface area contributed by atoms with E-state index < -0.39 is 10.0 Å². The van der Waals surface area contributed by atoms with Crippen molar-refractivity contribution in [2.45, 2.75) is 23.8 Å². The minimum Gasteiger partial charge on any atom is -0.355 e. The molecule has 98 valence electrons. The van der Waals surface area contributed by atoms with E-state index in [9.17, 15) is 13.2 Å². The summed E-state index contributed by atoms with van der Waals surface area (Å²) in [5.41, 5.74) is 0. The van der Waals surface area contributed by atoms with Gasteiger partial charge in [0.25, 0.3) is 0 Å². The molecule has 0 aromatic carbocycles. The molecule has 1 aromatic heterocycles. The second kappa shape index (κ2) is 5.21. The number of hydrogen-bond acceptors (Lipinski definition) is 4. The van der Waals surface area contributed by atoms with Gasteiger partial charge >= 0.3 is 0 Å². The van der Waals surface area contributed by atoms with Crippen molar-refractivity contribution in [3.8, 4) is 0 Å². The molecule has 0 aliphatic carbocycles. The predicted molar refractivity (Wildman–Crippen MR) is 65.6 cm³/mol. The Kier molecular flexibility index (Phi) is 3.84. The number of halogens is 1. The largest absolute Gasteiger partial charge is 0.355 e. The number of rotatable bonds is 3. The van der Waals surface area contributed by atoms with Gasteiger partial charge in [-0.3, -0.25) is 4.79 Å². The van der Waals surface area contributed by atoms with Crippen molar-refractivity contribution in [1.82, 2.24) is 15.0 Å². The molecule has 1 saturated heterocycles. The van der Waals surface area contributed by atoms with Gasteiger partial charge in [-0.2, -0.15) is 0 Å². The van der Waals surface area contributed by atoms with Gasteiger partial charge < -0.3 is 5.32 Å². The second-order valence-electron chi connectivity index (χ2n) is 3.98. The number of sulfonamides is 1. The molecule has 0 radical (unpaired) electrons. The number of hydrogen-bond donors (Lipinski definition) is 2. The molecule has 1 fully saturated rings. The fraction of sp³-hybridized carbons (Fsp3) is 0.400. The number of nitrogens with zero attached hydrogens (tertiary/aromatic N) is 1. The summed E-state index contributed by atoms with van der Waals surface area (Å²) < 4.78 is 26.5. The topological polar surface area (TPSA) is 88.2 Å². The molecule has 1 aliphatic rings. The molecular formula is C10H12ClN3O3S. The minimum atomic E-state index is -3.62. The van der Waals surface area contributed by atoms with E-state index in [1.54, 1.807) is 0 Å². The Morgan fingerprint density at radius 2 is 2.22 bits per heavy atom. The highest BCUT2D eigenvalue weighted by Crippen LogP contribution is 2.13. The Labute approximate surface area is 110 Å². The molecule has 18 heavy (non-hydrogen) atoms. The Hall–Kier alpha value is -1.18. The quantitative estimate of drug-likeness (QED) is 0.783. The lowest BCUT2D eigenvalue weighted by Gasteiger charge is -2.23. The third-order valence-corrected chi connectivity index (χ3v) is 4.33. The van der Waals surface area contributed by atoms with E-state index in [-0.39, 0.29) is 22.0 Å². The van der Waals surface area contributed by atoms with Gasteiger partial charge in [-0.1, -0.05) is 11.6 Å². The zero-order chi connectivity index (χ0) is 13.2. The summed E-state index contributed by atoms with van der Waals surface area (Å²) in [6, 6.07) is 2.51. The molecule has 1 unspecified atom stereocenters. The molecule has 0 spiro atoms. The van der Waals surface area contributed by atoms with Crippen LogP contribution in [0.1, 0.15) is 12.8 Å². The zero-order valence-electron chi connectivity index (χ0n) is 9.39. The Bertz CT molecular complexity index is 534. The molecule has 8 heteroatoms. The van der Waals surface area contributed by atoms with Gasteiger partial charge in [0, 0.05) is 25.2 Å². The minimum absolute atomic E-state index is 0.0568. The molecule has 2 N–H and O–H groups in total. The molecule has 0 bridgehead atoms. The van der Waals surface area contributed by atoms with E-state index in [1.165, 1.54) is 18.3 Å². The van der Waals surface area contributed by atoms with E-state index in [0.717, 1.165) is 0 Å². The molecule has 2 rings (SSSR count). The molecule has 2 heterocycles. The highest BCUT2D eigenvalue weighted by molar-refractivity contribution is 7.89. The van der Waals surface area contributed by atoms with E-state index in [4.69, 9.17) is 11.6 Å². The molecule has 1 aromatic rings. The number of aromatic nitrogens is 1. The van der Waals surface area contributed by atoms with Crippen LogP contribution in [0.2, 0.25) is 5.15 Å². The number of carbonyl (C=O) groups is 1. The second-order valence-corrected chi connectivity index (χ2v) is 6.08. The SMILES string of the molecule is O=C1CCC(NS(=O)(=O)c2ccc(Cl)nc2)CN1. The fourth-order valence-electron chi connectivity index (χ4n) is 1.64. The maximum Gasteiger partial charge on any atom is 0.242 e. The lowest BCUT2D eigenvalue weighted by Crippen LogP contribution is -2.47.